The molecule has 0 spiro atoms. The predicted octanol–water partition coefficient (Wildman–Crippen LogP) is 6.90. The third-order valence-electron chi connectivity index (χ3n) is 7.88. The molecule has 0 aliphatic rings. The third-order valence-corrected chi connectivity index (χ3v) is 13.6. The molecule has 9 heteroatoms. The number of nitrogens with two attached hydrogens (primary N) is 1. The molecular formula is C30H41N5O2SSi. The van der Waals surface area contributed by atoms with Gasteiger partial charge < -0.3 is 4.43 Å². The van der Waals surface area contributed by atoms with Gasteiger partial charge in [-0.15, -0.1) is 0 Å². The largest absolute Gasteiger partial charge is 0.411 e. The number of aromatic nitrogens is 4. The number of nitrogens with zero attached hydrogens (tertiary/aromatic N) is 4. The van der Waals surface area contributed by atoms with Crippen molar-refractivity contribution in [2.24, 2.45) is 5.14 Å². The summed E-state index contributed by atoms with van der Waals surface area (Å²) in [6.45, 7) is 17.7. The van der Waals surface area contributed by atoms with Crippen molar-refractivity contribution in [2.75, 3.05) is 0 Å². The van der Waals surface area contributed by atoms with Gasteiger partial charge in [0.25, 0.3) is 0 Å². The van der Waals surface area contributed by atoms with Crippen molar-refractivity contribution in [1.82, 2.24) is 19.7 Å². The molecule has 0 amide bonds. The number of rotatable bonds is 9. The molecule has 0 saturated heterocycles. The van der Waals surface area contributed by atoms with Gasteiger partial charge in [0.1, 0.15) is 0 Å². The Balaban J connectivity index is 1.62. The van der Waals surface area contributed by atoms with Crippen molar-refractivity contribution < 1.29 is 8.63 Å². The summed E-state index contributed by atoms with van der Waals surface area (Å²) < 4.78 is 19.8. The van der Waals surface area contributed by atoms with E-state index in [9.17, 15) is 4.21 Å². The van der Waals surface area contributed by atoms with Crippen molar-refractivity contribution in [3.63, 3.8) is 0 Å². The Kier molecular flexibility index (Phi) is 8.28. The van der Waals surface area contributed by atoms with Crippen LogP contribution in [0.3, 0.4) is 0 Å². The lowest BCUT2D eigenvalue weighted by atomic mass is 9.94. The quantitative estimate of drug-likeness (QED) is 0.224. The first-order chi connectivity index (χ1) is 18.2. The molecule has 4 rings (SSSR count). The van der Waals surface area contributed by atoms with Crippen molar-refractivity contribution >= 4 is 30.2 Å². The van der Waals surface area contributed by atoms with Gasteiger partial charge in [0.15, 0.2) is 14.1 Å². The normalized spacial score (nSPS) is 14.5. The molecule has 0 radical (unpaired) electrons. The van der Waals surface area contributed by atoms with E-state index in [1.165, 1.54) is 0 Å². The van der Waals surface area contributed by atoms with Crippen LogP contribution in [0.1, 0.15) is 65.3 Å². The zero-order chi connectivity index (χ0) is 28.6. The molecule has 0 saturated carbocycles. The highest BCUT2D eigenvalue weighted by molar-refractivity contribution is 7.84. The topological polar surface area (TPSA) is 95.9 Å². The molecule has 0 bridgehead atoms. The Hall–Kier alpha value is -2.72. The second-order valence-electron chi connectivity index (χ2n) is 12.5. The summed E-state index contributed by atoms with van der Waals surface area (Å²) in [5, 5.41) is 11.5. The molecule has 4 aromatic rings. The Labute approximate surface area is 235 Å². The van der Waals surface area contributed by atoms with E-state index in [0.717, 1.165) is 39.4 Å². The lowest BCUT2D eigenvalue weighted by Gasteiger charge is -2.36. The summed E-state index contributed by atoms with van der Waals surface area (Å²) in [5.41, 5.74) is 4.68. The van der Waals surface area contributed by atoms with Gasteiger partial charge in [-0.1, -0.05) is 52.0 Å². The van der Waals surface area contributed by atoms with Crippen LogP contribution in [0.25, 0.3) is 28.0 Å². The van der Waals surface area contributed by atoms with Crippen LogP contribution in [0.5, 0.6) is 0 Å². The van der Waals surface area contributed by atoms with Crippen molar-refractivity contribution in [2.45, 2.75) is 83.4 Å². The average molecular weight is 564 g/mol. The molecule has 0 fully saturated rings. The Morgan fingerprint density at radius 2 is 1.74 bits per heavy atom. The van der Waals surface area contributed by atoms with Crippen LogP contribution in [-0.4, -0.2) is 37.0 Å². The van der Waals surface area contributed by atoms with Gasteiger partial charge in [-0.05, 0) is 74.7 Å². The maximum Gasteiger partial charge on any atom is 0.192 e. The lowest BCUT2D eigenvalue weighted by Crippen LogP contribution is -2.40. The van der Waals surface area contributed by atoms with Gasteiger partial charge in [-0.2, -0.15) is 5.10 Å². The summed E-state index contributed by atoms with van der Waals surface area (Å²) >= 11 is 0. The number of benzene rings is 1. The first-order valence-corrected chi connectivity index (χ1v) is 17.5. The minimum atomic E-state index is -1.88. The van der Waals surface area contributed by atoms with Crippen LogP contribution in [0.4, 0.5) is 0 Å². The van der Waals surface area contributed by atoms with Crippen LogP contribution in [0.15, 0.2) is 60.8 Å². The van der Waals surface area contributed by atoms with E-state index in [-0.39, 0.29) is 11.0 Å². The van der Waals surface area contributed by atoms with E-state index < -0.39 is 24.1 Å². The summed E-state index contributed by atoms with van der Waals surface area (Å²) in [4.78, 5) is 9.85. The SMILES string of the molecule is C[C@@H](CC(C)(C)S(N)=O)c1cccc(-c2ccc3cnn(-c4cccc(CO[Si](C)(C)C(C)(C)C)n4)c3c2)n1. The van der Waals surface area contributed by atoms with E-state index in [1.807, 2.05) is 61.1 Å². The average Bonchev–Trinajstić information content (AvgIpc) is 3.30. The minimum Gasteiger partial charge on any atom is -0.411 e. The van der Waals surface area contributed by atoms with Gasteiger partial charge in [0.2, 0.25) is 0 Å². The van der Waals surface area contributed by atoms with E-state index in [2.05, 4.69) is 64.1 Å². The van der Waals surface area contributed by atoms with E-state index in [4.69, 9.17) is 19.5 Å². The Morgan fingerprint density at radius 3 is 2.44 bits per heavy atom. The van der Waals surface area contributed by atoms with E-state index >= 15 is 0 Å². The molecule has 1 unspecified atom stereocenters. The van der Waals surface area contributed by atoms with Crippen LogP contribution in [0.2, 0.25) is 18.1 Å². The van der Waals surface area contributed by atoms with Gasteiger partial charge >= 0.3 is 0 Å². The molecular weight excluding hydrogens is 523 g/mol. The van der Waals surface area contributed by atoms with Crippen LogP contribution < -0.4 is 5.14 Å². The third kappa shape index (κ3) is 6.54. The molecule has 3 heterocycles. The Morgan fingerprint density at radius 1 is 1.03 bits per heavy atom. The number of hydrogen-bond donors (Lipinski definition) is 1. The fraction of sp³-hybridized carbons (Fsp3) is 0.433. The highest BCUT2D eigenvalue weighted by Gasteiger charge is 2.37. The van der Waals surface area contributed by atoms with Gasteiger partial charge in [0, 0.05) is 16.6 Å². The second kappa shape index (κ2) is 11.0. The van der Waals surface area contributed by atoms with E-state index in [0.29, 0.717) is 13.0 Å². The highest BCUT2D eigenvalue weighted by Crippen LogP contribution is 2.37. The van der Waals surface area contributed by atoms with Gasteiger partial charge in [-0.25, -0.2) is 13.9 Å². The smallest absolute Gasteiger partial charge is 0.192 e. The molecule has 3 aromatic heterocycles. The summed E-state index contributed by atoms with van der Waals surface area (Å²) in [6.07, 6.45) is 2.54. The number of hydrogen-bond acceptors (Lipinski definition) is 5. The molecule has 2 N–H and O–H groups in total. The summed E-state index contributed by atoms with van der Waals surface area (Å²) in [5.74, 6) is 0.869. The molecule has 0 aliphatic heterocycles. The fourth-order valence-corrected chi connectivity index (χ4v) is 5.66. The standard InChI is InChI=1S/C30H41N5O2SSi/c1-21(18-30(5,6)38(31)36)25-12-10-13-26(34-25)22-15-16-23-19-32-35(27(23)17-22)28-14-9-11-24(33-28)20-37-39(7,8)29(2,3)4/h9-17,19,21H,18,20,31H2,1-8H3/t21-,38?/m0/s1. The van der Waals surface area contributed by atoms with Gasteiger partial charge in [-0.3, -0.25) is 10.1 Å². The fourth-order valence-electron chi connectivity index (χ4n) is 4.31. The molecule has 208 valence electrons. The number of pyridine rings is 2. The molecule has 1 aromatic carbocycles. The van der Waals surface area contributed by atoms with Crippen LogP contribution in [-0.2, 0) is 22.0 Å². The zero-order valence-corrected chi connectivity index (χ0v) is 26.2. The maximum absolute atomic E-state index is 12.0. The summed E-state index contributed by atoms with van der Waals surface area (Å²) in [6, 6.07) is 18.3. The monoisotopic (exact) mass is 563 g/mol. The minimum absolute atomic E-state index is 0.113. The first kappa shape index (κ1) is 29.3. The molecule has 39 heavy (non-hydrogen) atoms. The van der Waals surface area contributed by atoms with E-state index in [1.54, 1.807) is 0 Å². The first-order valence-electron chi connectivity index (χ1n) is 13.4. The van der Waals surface area contributed by atoms with Crippen molar-refractivity contribution in [3.8, 4) is 17.1 Å². The Bertz CT molecular complexity index is 1490. The van der Waals surface area contributed by atoms with Crippen LogP contribution >= 0.6 is 0 Å². The number of fused-ring (bicyclic) bond motifs is 1. The lowest BCUT2D eigenvalue weighted by molar-refractivity contribution is 0.272. The molecule has 2 atom stereocenters. The van der Waals surface area contributed by atoms with Gasteiger partial charge in [0.05, 0.1) is 45.4 Å². The maximum atomic E-state index is 12.0. The van der Waals surface area contributed by atoms with Crippen LogP contribution in [0, 0.1) is 0 Å². The zero-order valence-electron chi connectivity index (χ0n) is 24.4. The molecule has 0 aliphatic carbocycles. The molecule has 7 nitrogen and oxygen atoms in total. The highest BCUT2D eigenvalue weighted by atomic mass is 32.2. The summed E-state index contributed by atoms with van der Waals surface area (Å²) in [7, 11) is -3.29. The van der Waals surface area contributed by atoms with Crippen molar-refractivity contribution in [1.29, 1.82) is 0 Å². The van der Waals surface area contributed by atoms with Crippen molar-refractivity contribution in [3.05, 3.63) is 72.2 Å². The predicted molar refractivity (Wildman–Crippen MR) is 164 cm³/mol. The second-order valence-corrected chi connectivity index (χ2v) is 19.0.